The minimum atomic E-state index is -3.36. The first-order valence-electron chi connectivity index (χ1n) is 0.690. The second-order valence-corrected chi connectivity index (χ2v) is 7.22. The molecule has 0 rings (SSSR count). The largest absolute Gasteiger partial charge is 0.282 e. The van der Waals surface area contributed by atoms with Gasteiger partial charge in [0.25, 0.3) is 5.05 Å². The van der Waals surface area contributed by atoms with E-state index in [0.29, 0.717) is 0 Å². The van der Waals surface area contributed by atoms with Crippen molar-refractivity contribution >= 4 is 39.3 Å². The molecule has 0 aromatic rings. The van der Waals surface area contributed by atoms with Crippen molar-refractivity contribution in [2.45, 2.75) is 0 Å². The van der Waals surface area contributed by atoms with E-state index in [0.717, 1.165) is 0 Å². The van der Waals surface area contributed by atoms with Gasteiger partial charge in [0.2, 0.25) is 0 Å². The summed E-state index contributed by atoms with van der Waals surface area (Å²) in [5.74, 6) is 0. The second-order valence-electron chi connectivity index (χ2n) is 0.399. The maximum absolute atomic E-state index is 11.1. The van der Waals surface area contributed by atoms with Gasteiger partial charge in [-0.05, 0) is 34.3 Å². The predicted octanol–water partition coefficient (Wildman–Crippen LogP) is 2.66. The van der Waals surface area contributed by atoms with Crippen molar-refractivity contribution in [1.29, 1.82) is 0 Å². The highest BCUT2D eigenvalue weighted by molar-refractivity contribution is 8.36. The third-order valence-corrected chi connectivity index (χ3v) is 0. The van der Waals surface area contributed by atoms with Crippen LogP contribution in [-0.2, 0) is 11.8 Å². The lowest BCUT2D eigenvalue weighted by Crippen LogP contribution is -1.21. The zero-order valence-corrected chi connectivity index (χ0v) is 5.21. The number of rotatable bonds is 0. The lowest BCUT2D eigenvalue weighted by molar-refractivity contribution is 0.927. The van der Waals surface area contributed by atoms with E-state index in [-0.39, 0.29) is 0 Å². The Hall–Kier alpha value is 1.16. The zero-order valence-electron chi connectivity index (χ0n) is 1.99. The number of hydrogen-bond acceptors (Lipinski definition) is 1. The molecule has 0 saturated carbocycles. The Morgan fingerprint density at radius 2 is 1.60 bits per heavy atom. The monoisotopic (exact) mass is 152 g/mol. The molecule has 5 heteroatoms. The van der Waals surface area contributed by atoms with E-state index in [4.69, 9.17) is 0 Å². The van der Waals surface area contributed by atoms with E-state index in [1.54, 1.807) is 0 Å². The molecule has 0 aliphatic rings. The summed E-state index contributed by atoms with van der Waals surface area (Å²) >= 11 is 12.9. The minimum Gasteiger partial charge on any atom is -0.183 e. The van der Waals surface area contributed by atoms with Crippen molar-refractivity contribution in [3.63, 3.8) is 0 Å². The van der Waals surface area contributed by atoms with E-state index >= 15 is 0 Å². The molecule has 0 saturated heterocycles. The van der Waals surface area contributed by atoms with Crippen molar-refractivity contribution in [3.8, 4) is 0 Å². The molecule has 32 valence electrons. The lowest BCUT2D eigenvalue weighted by atomic mass is 18.9. The van der Waals surface area contributed by atoms with E-state index in [1.807, 2.05) is 0 Å². The molecule has 0 aromatic carbocycles. The van der Waals surface area contributed by atoms with E-state index in [9.17, 15) is 4.20 Å². The smallest absolute Gasteiger partial charge is 0.183 e. The molecule has 0 aromatic heterocycles. The molecule has 0 aliphatic carbocycles. The normalized spacial score (nSPS) is 11.8. The maximum atomic E-state index is 11.1. The van der Waals surface area contributed by atoms with Crippen LogP contribution in [0.5, 0.6) is 0 Å². The first-order valence-corrected chi connectivity index (χ1v) is 5.19. The number of halogens is 3. The van der Waals surface area contributed by atoms with Crippen molar-refractivity contribution in [3.05, 3.63) is 0 Å². The predicted molar refractivity (Wildman–Crippen MR) is 27.1 cm³/mol. The van der Waals surface area contributed by atoms with Gasteiger partial charge in [0, 0.05) is 0 Å². The summed E-state index contributed by atoms with van der Waals surface area (Å²) in [4.78, 5) is 0. The Morgan fingerprint density at radius 1 is 1.60 bits per heavy atom. The van der Waals surface area contributed by atoms with Crippen LogP contribution in [0.3, 0.4) is 0 Å². The summed E-state index contributed by atoms with van der Waals surface area (Å²) in [6, 6.07) is 0. The average Bonchev–Trinajstić information content (AvgIpc) is 0.722. The Morgan fingerprint density at radius 3 is 1.60 bits per heavy atom. The van der Waals surface area contributed by atoms with Gasteiger partial charge in [-0.3, -0.25) is 0 Å². The van der Waals surface area contributed by atoms with Gasteiger partial charge in [-0.25, -0.2) is 0 Å². The van der Waals surface area contributed by atoms with E-state index in [1.165, 1.54) is 0 Å². The number of hydrogen-bond donors (Lipinski definition) is 0. The van der Waals surface area contributed by atoms with Crippen LogP contribution in [-0.4, -0.2) is 0 Å². The van der Waals surface area contributed by atoms with Crippen molar-refractivity contribution in [1.82, 2.24) is 0 Å². The fourth-order valence-electron chi connectivity index (χ4n) is 0. The summed E-state index contributed by atoms with van der Waals surface area (Å²) in [6.45, 7) is 0. The summed E-state index contributed by atoms with van der Waals surface area (Å²) in [5.41, 5.74) is 0. The van der Waals surface area contributed by atoms with Crippen LogP contribution in [0.2, 0.25) is 0 Å². The molecule has 0 unspecified atom stereocenters. The van der Waals surface area contributed by atoms with Crippen LogP contribution in [0.15, 0.2) is 0 Å². The van der Waals surface area contributed by atoms with Gasteiger partial charge in [-0.15, -0.1) is 0 Å². The molecule has 0 fully saturated rings. The quantitative estimate of drug-likeness (QED) is 0.482. The Bertz CT molecular complexity index is 55.8. The van der Waals surface area contributed by atoms with Gasteiger partial charge in [0.1, 0.15) is 0 Å². The Balaban J connectivity index is 3.47. The molecule has 0 spiro atoms. The second kappa shape index (κ2) is 1.74. The van der Waals surface area contributed by atoms with Crippen LogP contribution in [0.1, 0.15) is 0 Å². The fraction of sp³-hybridized carbons (Fsp3) is 0. The summed E-state index contributed by atoms with van der Waals surface area (Å²) in [6.07, 6.45) is 0. The topological polar surface area (TPSA) is 0 Å². The average molecular weight is 153 g/mol. The maximum Gasteiger partial charge on any atom is 0.282 e. The molecule has 0 atom stereocenters. The molecule has 0 nitrogen and oxygen atoms in total. The molecule has 0 heterocycles. The highest BCUT2D eigenvalue weighted by atomic mass is 35.9. The van der Waals surface area contributed by atoms with Gasteiger partial charge in [0.05, 0.1) is 0 Å². The molecular weight excluding hydrogens is 153 g/mol. The standard InChI is InChI=1S/Cl2FPS/c1-4(2,3)5. The summed E-state index contributed by atoms with van der Waals surface area (Å²) in [7, 11) is 0. The van der Waals surface area contributed by atoms with Crippen molar-refractivity contribution in [2.24, 2.45) is 0 Å². The van der Waals surface area contributed by atoms with Crippen LogP contribution in [0.4, 0.5) is 4.20 Å². The molecule has 0 amide bonds. The Labute approximate surface area is 44.0 Å². The SMILES string of the molecule is FP(=S)(Cl)Cl. The van der Waals surface area contributed by atoms with E-state index in [2.05, 4.69) is 34.3 Å². The van der Waals surface area contributed by atoms with Gasteiger partial charge >= 0.3 is 0 Å². The highest BCUT2D eigenvalue weighted by Crippen LogP contribution is 2.58. The molecule has 5 heavy (non-hydrogen) atoms. The third kappa shape index (κ3) is 38.3. The summed E-state index contributed by atoms with van der Waals surface area (Å²) in [5, 5.41) is -3.36. The van der Waals surface area contributed by atoms with Gasteiger partial charge in [0.15, 0.2) is 0 Å². The van der Waals surface area contributed by atoms with Gasteiger partial charge in [-0.1, -0.05) is 0 Å². The molecule has 0 aliphatic heterocycles. The van der Waals surface area contributed by atoms with E-state index < -0.39 is 5.05 Å². The summed E-state index contributed by atoms with van der Waals surface area (Å²) < 4.78 is 11.1. The van der Waals surface area contributed by atoms with Gasteiger partial charge < -0.3 is 0 Å². The van der Waals surface area contributed by atoms with Crippen LogP contribution < -0.4 is 0 Å². The zero-order chi connectivity index (χ0) is 4.50. The van der Waals surface area contributed by atoms with Gasteiger partial charge in [-0.2, -0.15) is 4.20 Å². The fourth-order valence-corrected chi connectivity index (χ4v) is 0. The van der Waals surface area contributed by atoms with Crippen LogP contribution in [0, 0.1) is 0 Å². The molecule has 0 radical (unpaired) electrons. The van der Waals surface area contributed by atoms with Crippen LogP contribution in [0.25, 0.3) is 0 Å². The highest BCUT2D eigenvalue weighted by Gasteiger charge is 1.98. The molecule has 0 N–H and O–H groups in total. The molecular formula is Cl2FPS. The van der Waals surface area contributed by atoms with Crippen molar-refractivity contribution < 1.29 is 4.20 Å². The first-order chi connectivity index (χ1) is 2.00. The van der Waals surface area contributed by atoms with Crippen LogP contribution >= 0.6 is 27.5 Å². The minimum absolute atomic E-state index is 3.36. The first kappa shape index (κ1) is 6.16. The molecule has 0 bridgehead atoms. The Kier molecular flexibility index (Phi) is 2.15. The third-order valence-electron chi connectivity index (χ3n) is 0. The lowest BCUT2D eigenvalue weighted by Gasteiger charge is -1.78. The van der Waals surface area contributed by atoms with Crippen molar-refractivity contribution in [2.75, 3.05) is 0 Å².